The first-order valence-corrected chi connectivity index (χ1v) is 10.9. The first kappa shape index (κ1) is 19.8. The Bertz CT molecular complexity index is 927. The fourth-order valence-corrected chi connectivity index (χ4v) is 5.31. The highest BCUT2D eigenvalue weighted by Crippen LogP contribution is 2.29. The Labute approximate surface area is 167 Å². The first-order chi connectivity index (χ1) is 13.3. The van der Waals surface area contributed by atoms with Crippen molar-refractivity contribution in [2.24, 2.45) is 0 Å². The topological polar surface area (TPSA) is 59.4 Å². The van der Waals surface area contributed by atoms with Crippen LogP contribution < -0.4 is 14.8 Å². The lowest BCUT2D eigenvalue weighted by molar-refractivity contribution is 0.0688. The average Bonchev–Trinajstić information content (AvgIpc) is 2.67. The highest BCUT2D eigenvalue weighted by molar-refractivity contribution is 6.80. The molecule has 0 atom stereocenters. The van der Waals surface area contributed by atoms with Crippen LogP contribution in [0.1, 0.15) is 42.5 Å². The van der Waals surface area contributed by atoms with Crippen LogP contribution in [0.2, 0.25) is 0 Å². The number of carboxylic acid groups (broad SMARTS) is 1. The van der Waals surface area contributed by atoms with Gasteiger partial charge in [0, 0.05) is 17.0 Å². The van der Waals surface area contributed by atoms with E-state index in [0.29, 0.717) is 17.0 Å². The van der Waals surface area contributed by atoms with E-state index in [9.17, 15) is 9.90 Å². The highest BCUT2D eigenvalue weighted by atomic mass is 28.3. The van der Waals surface area contributed by atoms with Crippen molar-refractivity contribution in [2.75, 3.05) is 0 Å². The molecule has 0 unspecified atom stereocenters. The molecule has 2 aromatic carbocycles. The van der Waals surface area contributed by atoms with Crippen LogP contribution in [-0.2, 0) is 5.41 Å². The van der Waals surface area contributed by atoms with Crippen LogP contribution in [0.15, 0.2) is 66.7 Å². The van der Waals surface area contributed by atoms with Gasteiger partial charge in [0.1, 0.15) is 5.75 Å². The van der Waals surface area contributed by atoms with Crippen molar-refractivity contribution in [2.45, 2.75) is 33.1 Å². The van der Waals surface area contributed by atoms with Gasteiger partial charge in [0.2, 0.25) is 0 Å². The van der Waals surface area contributed by atoms with Gasteiger partial charge in [-0.15, -0.1) is 0 Å². The summed E-state index contributed by atoms with van der Waals surface area (Å²) in [5, 5.41) is 11.9. The van der Waals surface area contributed by atoms with Crippen LogP contribution in [-0.4, -0.2) is 25.1 Å². The van der Waals surface area contributed by atoms with Crippen LogP contribution in [0.3, 0.4) is 0 Å². The van der Waals surface area contributed by atoms with Gasteiger partial charge in [0.15, 0.2) is 5.69 Å². The molecule has 3 aromatic rings. The molecule has 3 rings (SSSR count). The van der Waals surface area contributed by atoms with Gasteiger partial charge in [-0.25, -0.2) is 9.78 Å². The summed E-state index contributed by atoms with van der Waals surface area (Å²) >= 11 is 0. The van der Waals surface area contributed by atoms with E-state index in [-0.39, 0.29) is 11.1 Å². The number of aromatic nitrogens is 1. The van der Waals surface area contributed by atoms with Crippen molar-refractivity contribution in [3.05, 3.63) is 83.7 Å². The molecule has 0 saturated carbocycles. The zero-order valence-corrected chi connectivity index (χ0v) is 17.8. The second kappa shape index (κ2) is 7.98. The van der Waals surface area contributed by atoms with Gasteiger partial charge < -0.3 is 9.53 Å². The second-order valence-corrected chi connectivity index (χ2v) is 10.2. The standard InChI is InChI=1S/C23H25NO3Si/c1-16-19(15-20(23(2,3)4)24-21(16)22(25)26)27-28(17-11-7-5-8-12-17)18-13-9-6-10-14-18/h5-15,28H,1-4H3,(H,25,26). The van der Waals surface area contributed by atoms with Gasteiger partial charge in [0.05, 0.1) is 5.69 Å². The molecule has 4 nitrogen and oxygen atoms in total. The molecule has 0 aliphatic rings. The van der Waals surface area contributed by atoms with Crippen molar-refractivity contribution in [1.29, 1.82) is 0 Å². The summed E-state index contributed by atoms with van der Waals surface area (Å²) in [7, 11) is -2.05. The van der Waals surface area contributed by atoms with Crippen molar-refractivity contribution in [1.82, 2.24) is 4.98 Å². The summed E-state index contributed by atoms with van der Waals surface area (Å²) in [4.78, 5) is 16.2. The first-order valence-electron chi connectivity index (χ1n) is 9.29. The SMILES string of the molecule is Cc1c(O[SiH](c2ccccc2)c2ccccc2)cc(C(C)(C)C)nc1C(=O)O. The van der Waals surface area contributed by atoms with E-state index in [1.54, 1.807) is 6.92 Å². The summed E-state index contributed by atoms with van der Waals surface area (Å²) in [5.41, 5.74) is 1.03. The molecule has 0 aliphatic heterocycles. The molecule has 0 radical (unpaired) electrons. The van der Waals surface area contributed by atoms with E-state index in [1.807, 2.05) is 63.2 Å². The highest BCUT2D eigenvalue weighted by Gasteiger charge is 2.26. The zero-order chi connectivity index (χ0) is 20.3. The van der Waals surface area contributed by atoms with Crippen LogP contribution in [0.25, 0.3) is 0 Å². The third kappa shape index (κ3) is 4.31. The number of carbonyl (C=O) groups is 1. The minimum Gasteiger partial charge on any atom is -0.537 e. The lowest BCUT2D eigenvalue weighted by Crippen LogP contribution is -2.47. The summed E-state index contributed by atoms with van der Waals surface area (Å²) in [5.74, 6) is -0.437. The van der Waals surface area contributed by atoms with Gasteiger partial charge >= 0.3 is 5.97 Å². The third-order valence-corrected chi connectivity index (χ3v) is 7.12. The van der Waals surface area contributed by atoms with Crippen molar-refractivity contribution in [3.63, 3.8) is 0 Å². The van der Waals surface area contributed by atoms with Gasteiger partial charge in [0.25, 0.3) is 9.04 Å². The van der Waals surface area contributed by atoms with Crippen LogP contribution >= 0.6 is 0 Å². The Morgan fingerprint density at radius 1 is 0.964 bits per heavy atom. The molecule has 28 heavy (non-hydrogen) atoms. The number of aromatic carboxylic acids is 1. The molecular weight excluding hydrogens is 366 g/mol. The Morgan fingerprint density at radius 2 is 1.46 bits per heavy atom. The minimum absolute atomic E-state index is 0.0521. The maximum absolute atomic E-state index is 11.8. The summed E-state index contributed by atoms with van der Waals surface area (Å²) < 4.78 is 6.58. The van der Waals surface area contributed by atoms with E-state index in [0.717, 1.165) is 10.4 Å². The number of rotatable bonds is 5. The van der Waals surface area contributed by atoms with Crippen molar-refractivity contribution in [3.8, 4) is 5.75 Å². The second-order valence-electron chi connectivity index (χ2n) is 7.85. The van der Waals surface area contributed by atoms with Gasteiger partial charge in [-0.05, 0) is 17.3 Å². The number of benzene rings is 2. The molecule has 0 bridgehead atoms. The molecular formula is C23H25NO3Si. The van der Waals surface area contributed by atoms with Crippen LogP contribution in [0.4, 0.5) is 0 Å². The Hall–Kier alpha value is -2.92. The normalized spacial score (nSPS) is 11.5. The number of hydrogen-bond donors (Lipinski definition) is 1. The van der Waals surface area contributed by atoms with Crippen LogP contribution in [0.5, 0.6) is 5.75 Å². The molecule has 1 aromatic heterocycles. The number of carboxylic acids is 1. The van der Waals surface area contributed by atoms with Gasteiger partial charge in [-0.2, -0.15) is 0 Å². The van der Waals surface area contributed by atoms with E-state index in [1.165, 1.54) is 0 Å². The van der Waals surface area contributed by atoms with E-state index < -0.39 is 15.0 Å². The third-order valence-electron chi connectivity index (χ3n) is 4.65. The summed E-state index contributed by atoms with van der Waals surface area (Å²) in [6, 6.07) is 22.2. The molecule has 0 amide bonds. The van der Waals surface area contributed by atoms with E-state index >= 15 is 0 Å². The molecule has 0 aliphatic carbocycles. The Kier molecular flexibility index (Phi) is 5.65. The fourth-order valence-electron chi connectivity index (χ4n) is 3.01. The average molecular weight is 392 g/mol. The molecule has 5 heteroatoms. The minimum atomic E-state index is -2.05. The molecule has 144 valence electrons. The van der Waals surface area contributed by atoms with Crippen molar-refractivity contribution < 1.29 is 14.3 Å². The maximum atomic E-state index is 11.8. The van der Waals surface area contributed by atoms with E-state index in [2.05, 4.69) is 29.2 Å². The zero-order valence-electron chi connectivity index (χ0n) is 16.6. The molecule has 0 fully saturated rings. The fraction of sp³-hybridized carbons (Fsp3) is 0.217. The monoisotopic (exact) mass is 391 g/mol. The van der Waals surface area contributed by atoms with Gasteiger partial charge in [-0.1, -0.05) is 81.4 Å². The van der Waals surface area contributed by atoms with Gasteiger partial charge in [-0.3, -0.25) is 0 Å². The lowest BCUT2D eigenvalue weighted by Gasteiger charge is -2.24. The molecule has 1 heterocycles. The van der Waals surface area contributed by atoms with Crippen molar-refractivity contribution >= 4 is 25.4 Å². The molecule has 0 spiro atoms. The quantitative estimate of drug-likeness (QED) is 0.678. The lowest BCUT2D eigenvalue weighted by atomic mass is 9.91. The van der Waals surface area contributed by atoms with E-state index in [4.69, 9.17) is 4.43 Å². The largest absolute Gasteiger partial charge is 0.537 e. The Balaban J connectivity index is 2.13. The Morgan fingerprint density at radius 3 is 1.89 bits per heavy atom. The number of nitrogens with zero attached hydrogens (tertiary/aromatic N) is 1. The number of pyridine rings is 1. The smallest absolute Gasteiger partial charge is 0.354 e. The molecule has 0 saturated heterocycles. The summed E-state index contributed by atoms with van der Waals surface area (Å²) in [6.07, 6.45) is 0. The number of hydrogen-bond acceptors (Lipinski definition) is 3. The maximum Gasteiger partial charge on any atom is 0.354 e. The summed E-state index contributed by atoms with van der Waals surface area (Å²) in [6.45, 7) is 7.82. The van der Waals surface area contributed by atoms with Crippen LogP contribution in [0, 0.1) is 6.92 Å². The molecule has 1 N–H and O–H groups in total. The predicted molar refractivity (Wildman–Crippen MR) is 115 cm³/mol. The predicted octanol–water partition coefficient (Wildman–Crippen LogP) is 3.30.